The molecule has 0 atom stereocenters. The molecule has 0 unspecified atom stereocenters. The van der Waals surface area contributed by atoms with Gasteiger partial charge in [0.25, 0.3) is 0 Å². The first-order valence-electron chi connectivity index (χ1n) is 6.50. The van der Waals surface area contributed by atoms with Crippen LogP contribution in [0.2, 0.25) is 0 Å². The van der Waals surface area contributed by atoms with Gasteiger partial charge in [0.2, 0.25) is 0 Å². The Morgan fingerprint density at radius 2 is 2.11 bits per heavy atom. The Bertz CT molecular complexity index is 537. The van der Waals surface area contributed by atoms with E-state index in [0.29, 0.717) is 5.82 Å². The van der Waals surface area contributed by atoms with Gasteiger partial charge >= 0.3 is 0 Å². The Labute approximate surface area is 114 Å². The second-order valence-electron chi connectivity index (χ2n) is 5.54. The van der Waals surface area contributed by atoms with E-state index in [0.717, 1.165) is 32.5 Å². The molecule has 5 nitrogen and oxygen atoms in total. The molecule has 1 aromatic heterocycles. The van der Waals surface area contributed by atoms with E-state index in [4.69, 9.17) is 0 Å². The summed E-state index contributed by atoms with van der Waals surface area (Å²) < 4.78 is 23.4. The number of aromatic nitrogens is 1. The van der Waals surface area contributed by atoms with Crippen molar-refractivity contribution in [1.82, 2.24) is 10.3 Å². The van der Waals surface area contributed by atoms with E-state index < -0.39 is 9.84 Å². The van der Waals surface area contributed by atoms with Crippen LogP contribution in [0.4, 0.5) is 5.82 Å². The fourth-order valence-electron chi connectivity index (χ4n) is 2.33. The van der Waals surface area contributed by atoms with Crippen molar-refractivity contribution in [1.29, 1.82) is 0 Å². The fraction of sp³-hybridized carbons (Fsp3) is 0.615. The molecule has 6 heteroatoms. The van der Waals surface area contributed by atoms with Crippen LogP contribution in [-0.4, -0.2) is 39.3 Å². The third-order valence-electron chi connectivity index (χ3n) is 3.66. The number of nitrogens with one attached hydrogen (secondary N) is 2. The highest BCUT2D eigenvalue weighted by atomic mass is 32.2. The lowest BCUT2D eigenvalue weighted by Crippen LogP contribution is -2.39. The number of hydrogen-bond donors (Lipinski definition) is 2. The Morgan fingerprint density at radius 3 is 2.74 bits per heavy atom. The van der Waals surface area contributed by atoms with Gasteiger partial charge in [-0.3, -0.25) is 0 Å². The van der Waals surface area contributed by atoms with Gasteiger partial charge in [-0.1, -0.05) is 6.92 Å². The van der Waals surface area contributed by atoms with Crippen LogP contribution in [0.25, 0.3) is 0 Å². The molecule has 0 spiro atoms. The first kappa shape index (κ1) is 14.3. The monoisotopic (exact) mass is 283 g/mol. The van der Waals surface area contributed by atoms with Gasteiger partial charge in [-0.05, 0) is 43.5 Å². The zero-order valence-electron chi connectivity index (χ0n) is 11.4. The Balaban J connectivity index is 2.12. The SMILES string of the molecule is CC1(CNc2ncccc2S(C)(=O)=O)CCNCC1. The molecule has 0 radical (unpaired) electrons. The molecule has 1 aromatic rings. The van der Waals surface area contributed by atoms with Crippen molar-refractivity contribution >= 4 is 15.7 Å². The third-order valence-corrected chi connectivity index (χ3v) is 4.79. The van der Waals surface area contributed by atoms with Crippen molar-refractivity contribution in [3.05, 3.63) is 18.3 Å². The van der Waals surface area contributed by atoms with Crippen LogP contribution in [0.5, 0.6) is 0 Å². The highest BCUT2D eigenvalue weighted by Gasteiger charge is 2.27. The Morgan fingerprint density at radius 1 is 1.42 bits per heavy atom. The molecule has 0 aliphatic carbocycles. The zero-order chi connectivity index (χ0) is 13.9. The molecule has 106 valence electrons. The number of nitrogens with zero attached hydrogens (tertiary/aromatic N) is 1. The molecule has 0 amide bonds. The second-order valence-corrected chi connectivity index (χ2v) is 7.52. The Hall–Kier alpha value is -1.14. The molecule has 1 saturated heterocycles. The molecule has 2 N–H and O–H groups in total. The van der Waals surface area contributed by atoms with Crippen LogP contribution in [0.15, 0.2) is 23.2 Å². The van der Waals surface area contributed by atoms with E-state index in [1.165, 1.54) is 6.26 Å². The summed E-state index contributed by atoms with van der Waals surface area (Å²) in [5, 5.41) is 6.55. The normalized spacial score (nSPS) is 19.1. The van der Waals surface area contributed by atoms with E-state index in [9.17, 15) is 8.42 Å². The lowest BCUT2D eigenvalue weighted by Gasteiger charge is -2.34. The smallest absolute Gasteiger partial charge is 0.179 e. The number of rotatable bonds is 4. The minimum atomic E-state index is -3.24. The molecule has 0 saturated carbocycles. The Kier molecular flexibility index (Phi) is 4.10. The van der Waals surface area contributed by atoms with Crippen LogP contribution in [-0.2, 0) is 9.84 Å². The summed E-state index contributed by atoms with van der Waals surface area (Å²) in [4.78, 5) is 4.43. The van der Waals surface area contributed by atoms with E-state index >= 15 is 0 Å². The molecule has 19 heavy (non-hydrogen) atoms. The molecule has 1 aliphatic rings. The maximum absolute atomic E-state index is 11.7. The molecule has 0 bridgehead atoms. The van der Waals surface area contributed by atoms with E-state index in [-0.39, 0.29) is 10.3 Å². The molecule has 1 aliphatic heterocycles. The third kappa shape index (κ3) is 3.67. The minimum Gasteiger partial charge on any atom is -0.368 e. The highest BCUT2D eigenvalue weighted by Crippen LogP contribution is 2.29. The van der Waals surface area contributed by atoms with E-state index in [2.05, 4.69) is 22.5 Å². The maximum atomic E-state index is 11.7. The van der Waals surface area contributed by atoms with Gasteiger partial charge in [0.05, 0.1) is 0 Å². The second kappa shape index (κ2) is 5.46. The van der Waals surface area contributed by atoms with Gasteiger partial charge in [-0.2, -0.15) is 0 Å². The summed E-state index contributed by atoms with van der Waals surface area (Å²) in [6.07, 6.45) is 4.99. The largest absolute Gasteiger partial charge is 0.368 e. The summed E-state index contributed by atoms with van der Waals surface area (Å²) in [6.45, 7) is 5.00. The van der Waals surface area contributed by atoms with Crippen LogP contribution < -0.4 is 10.6 Å². The lowest BCUT2D eigenvalue weighted by atomic mass is 9.81. The predicted octanol–water partition coefficient (Wildman–Crippen LogP) is 1.29. The fourth-order valence-corrected chi connectivity index (χ4v) is 3.13. The quantitative estimate of drug-likeness (QED) is 0.871. The van der Waals surface area contributed by atoms with Crippen LogP contribution >= 0.6 is 0 Å². The summed E-state index contributed by atoms with van der Waals surface area (Å²) in [5.74, 6) is 0.463. The molecule has 0 aromatic carbocycles. The molecule has 1 fully saturated rings. The summed E-state index contributed by atoms with van der Waals surface area (Å²) in [6, 6.07) is 3.24. The first-order valence-corrected chi connectivity index (χ1v) is 8.40. The zero-order valence-corrected chi connectivity index (χ0v) is 12.3. The van der Waals surface area contributed by atoms with Gasteiger partial charge in [-0.15, -0.1) is 0 Å². The molecular weight excluding hydrogens is 262 g/mol. The van der Waals surface area contributed by atoms with Crippen molar-refractivity contribution < 1.29 is 8.42 Å². The van der Waals surface area contributed by atoms with Gasteiger partial charge in [0.15, 0.2) is 9.84 Å². The van der Waals surface area contributed by atoms with Crippen molar-refractivity contribution in [3.63, 3.8) is 0 Å². The van der Waals surface area contributed by atoms with Crippen molar-refractivity contribution in [2.45, 2.75) is 24.7 Å². The highest BCUT2D eigenvalue weighted by molar-refractivity contribution is 7.90. The van der Waals surface area contributed by atoms with E-state index in [1.807, 2.05) is 0 Å². The summed E-state index contributed by atoms with van der Waals surface area (Å²) in [7, 11) is -3.24. The van der Waals surface area contributed by atoms with Crippen LogP contribution in [0, 0.1) is 5.41 Å². The molecule has 2 rings (SSSR count). The maximum Gasteiger partial charge on any atom is 0.179 e. The predicted molar refractivity (Wildman–Crippen MR) is 76.0 cm³/mol. The summed E-state index contributed by atoms with van der Waals surface area (Å²) in [5.41, 5.74) is 0.192. The number of piperidine rings is 1. The first-order chi connectivity index (χ1) is 8.91. The molecular formula is C13H21N3O2S. The molecule has 2 heterocycles. The van der Waals surface area contributed by atoms with Gasteiger partial charge in [0.1, 0.15) is 10.7 Å². The van der Waals surface area contributed by atoms with Crippen molar-refractivity contribution in [2.24, 2.45) is 5.41 Å². The van der Waals surface area contributed by atoms with Crippen LogP contribution in [0.3, 0.4) is 0 Å². The van der Waals surface area contributed by atoms with E-state index in [1.54, 1.807) is 18.3 Å². The van der Waals surface area contributed by atoms with Crippen LogP contribution in [0.1, 0.15) is 19.8 Å². The number of hydrogen-bond acceptors (Lipinski definition) is 5. The van der Waals surface area contributed by atoms with Gasteiger partial charge in [0, 0.05) is 19.0 Å². The van der Waals surface area contributed by atoms with Crippen molar-refractivity contribution in [3.8, 4) is 0 Å². The standard InChI is InChI=1S/C13H21N3O2S/c1-13(5-8-14-9-6-13)10-16-12-11(19(2,17)18)4-3-7-15-12/h3-4,7,14H,5-6,8-10H2,1-2H3,(H,15,16). The number of sulfone groups is 1. The topological polar surface area (TPSA) is 71.1 Å². The minimum absolute atomic E-state index is 0.192. The lowest BCUT2D eigenvalue weighted by molar-refractivity contribution is 0.247. The summed E-state index contributed by atoms with van der Waals surface area (Å²) >= 11 is 0. The average Bonchev–Trinajstić information content (AvgIpc) is 2.37. The van der Waals surface area contributed by atoms with Gasteiger partial charge < -0.3 is 10.6 Å². The van der Waals surface area contributed by atoms with Crippen molar-refractivity contribution in [2.75, 3.05) is 31.2 Å². The number of anilines is 1. The number of pyridine rings is 1. The van der Waals surface area contributed by atoms with Gasteiger partial charge in [-0.25, -0.2) is 13.4 Å². The average molecular weight is 283 g/mol.